The van der Waals surface area contributed by atoms with Gasteiger partial charge in [0.1, 0.15) is 11.4 Å². The SMILES string of the molecule is CNCCC1(Oc2ccccc2C)CCC1. The largest absolute Gasteiger partial charge is 0.487 e. The zero-order chi connectivity index (χ0) is 11.4. The maximum absolute atomic E-state index is 6.23. The number of para-hydroxylation sites is 1. The normalized spacial score (nSPS) is 17.9. The fourth-order valence-electron chi connectivity index (χ4n) is 2.23. The van der Waals surface area contributed by atoms with E-state index in [1.165, 1.54) is 24.8 Å². The molecule has 16 heavy (non-hydrogen) atoms. The molecule has 1 fully saturated rings. The average molecular weight is 219 g/mol. The Morgan fingerprint density at radius 1 is 1.31 bits per heavy atom. The second-order valence-corrected chi connectivity index (χ2v) is 4.76. The molecule has 0 spiro atoms. The monoisotopic (exact) mass is 219 g/mol. The van der Waals surface area contributed by atoms with Crippen LogP contribution in [-0.2, 0) is 0 Å². The van der Waals surface area contributed by atoms with Gasteiger partial charge in [-0.25, -0.2) is 0 Å². The van der Waals surface area contributed by atoms with Gasteiger partial charge in [-0.05, 0) is 57.8 Å². The molecule has 1 N–H and O–H groups in total. The van der Waals surface area contributed by atoms with Crippen LogP contribution in [-0.4, -0.2) is 19.2 Å². The molecular weight excluding hydrogens is 198 g/mol. The van der Waals surface area contributed by atoms with E-state index in [2.05, 4.69) is 30.4 Å². The summed E-state index contributed by atoms with van der Waals surface area (Å²) in [6.07, 6.45) is 4.81. The Hall–Kier alpha value is -1.02. The van der Waals surface area contributed by atoms with Crippen LogP contribution in [0.1, 0.15) is 31.2 Å². The van der Waals surface area contributed by atoms with Crippen molar-refractivity contribution in [2.24, 2.45) is 0 Å². The number of hydrogen-bond donors (Lipinski definition) is 1. The lowest BCUT2D eigenvalue weighted by Crippen LogP contribution is -2.45. The Labute approximate surface area is 98.0 Å². The highest BCUT2D eigenvalue weighted by molar-refractivity contribution is 5.32. The van der Waals surface area contributed by atoms with Crippen LogP contribution in [0.3, 0.4) is 0 Å². The van der Waals surface area contributed by atoms with E-state index in [4.69, 9.17) is 4.74 Å². The van der Waals surface area contributed by atoms with E-state index >= 15 is 0 Å². The van der Waals surface area contributed by atoms with Crippen LogP contribution < -0.4 is 10.1 Å². The first-order valence-corrected chi connectivity index (χ1v) is 6.15. The van der Waals surface area contributed by atoms with Crippen molar-refractivity contribution in [3.05, 3.63) is 29.8 Å². The summed E-state index contributed by atoms with van der Waals surface area (Å²) in [5.74, 6) is 1.05. The third-order valence-electron chi connectivity index (χ3n) is 3.52. The molecule has 0 aromatic heterocycles. The van der Waals surface area contributed by atoms with Crippen molar-refractivity contribution in [2.45, 2.75) is 38.2 Å². The van der Waals surface area contributed by atoms with Crippen molar-refractivity contribution in [1.29, 1.82) is 0 Å². The van der Waals surface area contributed by atoms with Crippen LogP contribution in [0.2, 0.25) is 0 Å². The molecule has 2 rings (SSSR count). The topological polar surface area (TPSA) is 21.3 Å². The van der Waals surface area contributed by atoms with Crippen LogP contribution >= 0.6 is 0 Å². The summed E-state index contributed by atoms with van der Waals surface area (Å²) in [5, 5.41) is 3.21. The highest BCUT2D eigenvalue weighted by Gasteiger charge is 2.38. The molecule has 2 heteroatoms. The van der Waals surface area contributed by atoms with Gasteiger partial charge < -0.3 is 10.1 Å². The van der Waals surface area contributed by atoms with Gasteiger partial charge in [-0.3, -0.25) is 0 Å². The highest BCUT2D eigenvalue weighted by Crippen LogP contribution is 2.39. The number of ether oxygens (including phenoxy) is 1. The second-order valence-electron chi connectivity index (χ2n) is 4.76. The van der Waals surface area contributed by atoms with Gasteiger partial charge >= 0.3 is 0 Å². The zero-order valence-electron chi connectivity index (χ0n) is 10.3. The fraction of sp³-hybridized carbons (Fsp3) is 0.571. The van der Waals surface area contributed by atoms with Gasteiger partial charge in [0.2, 0.25) is 0 Å². The van der Waals surface area contributed by atoms with Crippen LogP contribution in [0.4, 0.5) is 0 Å². The Kier molecular flexibility index (Phi) is 3.49. The first kappa shape index (κ1) is 11.5. The fourth-order valence-corrected chi connectivity index (χ4v) is 2.23. The predicted octanol–water partition coefficient (Wildman–Crippen LogP) is 2.91. The summed E-state index contributed by atoms with van der Waals surface area (Å²) in [6.45, 7) is 3.14. The van der Waals surface area contributed by atoms with Gasteiger partial charge in [-0.2, -0.15) is 0 Å². The van der Waals surface area contributed by atoms with Gasteiger partial charge in [0, 0.05) is 0 Å². The molecular formula is C14H21NO. The molecule has 1 aliphatic carbocycles. The van der Waals surface area contributed by atoms with Crippen molar-refractivity contribution in [2.75, 3.05) is 13.6 Å². The first-order valence-electron chi connectivity index (χ1n) is 6.15. The Morgan fingerprint density at radius 2 is 2.06 bits per heavy atom. The summed E-state index contributed by atoms with van der Waals surface area (Å²) in [6, 6.07) is 8.30. The lowest BCUT2D eigenvalue weighted by Gasteiger charge is -2.42. The maximum atomic E-state index is 6.23. The van der Waals surface area contributed by atoms with E-state index in [9.17, 15) is 0 Å². The van der Waals surface area contributed by atoms with Crippen molar-refractivity contribution >= 4 is 0 Å². The van der Waals surface area contributed by atoms with Gasteiger partial charge in [0.25, 0.3) is 0 Å². The summed E-state index contributed by atoms with van der Waals surface area (Å²) < 4.78 is 6.23. The molecule has 0 saturated heterocycles. The van der Waals surface area contributed by atoms with E-state index in [-0.39, 0.29) is 5.60 Å². The molecule has 2 nitrogen and oxygen atoms in total. The second kappa shape index (κ2) is 4.88. The van der Waals surface area contributed by atoms with Crippen molar-refractivity contribution in [3.8, 4) is 5.75 Å². The molecule has 1 aliphatic rings. The minimum atomic E-state index is 0.106. The molecule has 0 atom stereocenters. The van der Waals surface area contributed by atoms with Crippen LogP contribution in [0.5, 0.6) is 5.75 Å². The van der Waals surface area contributed by atoms with E-state index in [0.717, 1.165) is 18.7 Å². The van der Waals surface area contributed by atoms with E-state index < -0.39 is 0 Å². The summed E-state index contributed by atoms with van der Waals surface area (Å²) in [4.78, 5) is 0. The number of rotatable bonds is 5. The smallest absolute Gasteiger partial charge is 0.123 e. The van der Waals surface area contributed by atoms with Crippen molar-refractivity contribution in [3.63, 3.8) is 0 Å². The van der Waals surface area contributed by atoms with Crippen LogP contribution in [0, 0.1) is 6.92 Å². The molecule has 0 heterocycles. The van der Waals surface area contributed by atoms with Crippen molar-refractivity contribution in [1.82, 2.24) is 5.32 Å². The molecule has 0 amide bonds. The van der Waals surface area contributed by atoms with Gasteiger partial charge in [-0.15, -0.1) is 0 Å². The van der Waals surface area contributed by atoms with Gasteiger partial charge in [0.15, 0.2) is 0 Å². The Bertz CT molecular complexity index is 344. The van der Waals surface area contributed by atoms with E-state index in [1.807, 2.05) is 13.1 Å². The lowest BCUT2D eigenvalue weighted by molar-refractivity contribution is -0.0144. The predicted molar refractivity (Wildman–Crippen MR) is 66.9 cm³/mol. The maximum Gasteiger partial charge on any atom is 0.123 e. The van der Waals surface area contributed by atoms with Crippen molar-refractivity contribution < 1.29 is 4.74 Å². The Balaban J connectivity index is 2.04. The average Bonchev–Trinajstić information content (AvgIpc) is 2.24. The van der Waals surface area contributed by atoms with E-state index in [0.29, 0.717) is 0 Å². The number of hydrogen-bond acceptors (Lipinski definition) is 2. The van der Waals surface area contributed by atoms with Crippen LogP contribution in [0.25, 0.3) is 0 Å². The first-order chi connectivity index (χ1) is 7.76. The summed E-state index contributed by atoms with van der Waals surface area (Å²) in [5.41, 5.74) is 1.34. The molecule has 88 valence electrons. The molecule has 0 radical (unpaired) electrons. The molecule has 0 aliphatic heterocycles. The van der Waals surface area contributed by atoms with E-state index in [1.54, 1.807) is 0 Å². The molecule has 1 aromatic carbocycles. The number of benzene rings is 1. The quantitative estimate of drug-likeness (QED) is 0.822. The molecule has 0 bridgehead atoms. The minimum Gasteiger partial charge on any atom is -0.487 e. The lowest BCUT2D eigenvalue weighted by atomic mass is 9.77. The van der Waals surface area contributed by atoms with Gasteiger partial charge in [0.05, 0.1) is 0 Å². The number of aryl methyl sites for hydroxylation is 1. The van der Waals surface area contributed by atoms with Crippen LogP contribution in [0.15, 0.2) is 24.3 Å². The third-order valence-corrected chi connectivity index (χ3v) is 3.52. The molecule has 1 aromatic rings. The molecule has 1 saturated carbocycles. The standard InChI is InChI=1S/C14H21NO/c1-12-6-3-4-7-13(12)16-14(8-5-9-14)10-11-15-2/h3-4,6-7,15H,5,8-11H2,1-2H3. The molecule has 0 unspecified atom stereocenters. The Morgan fingerprint density at radius 3 is 2.62 bits per heavy atom. The third kappa shape index (κ3) is 2.38. The summed E-state index contributed by atoms with van der Waals surface area (Å²) >= 11 is 0. The minimum absolute atomic E-state index is 0.106. The zero-order valence-corrected chi connectivity index (χ0v) is 10.3. The number of nitrogens with one attached hydrogen (secondary N) is 1. The summed E-state index contributed by atoms with van der Waals surface area (Å²) in [7, 11) is 2.00. The van der Waals surface area contributed by atoms with Gasteiger partial charge in [-0.1, -0.05) is 18.2 Å². The highest BCUT2D eigenvalue weighted by atomic mass is 16.5.